The first-order chi connectivity index (χ1) is 10.5. The van der Waals surface area contributed by atoms with Gasteiger partial charge in [-0.3, -0.25) is 0 Å². The lowest BCUT2D eigenvalue weighted by atomic mass is 9.99. The van der Waals surface area contributed by atoms with Crippen molar-refractivity contribution in [3.8, 4) is 0 Å². The van der Waals surface area contributed by atoms with Crippen LogP contribution in [0, 0.1) is 33.6 Å². The third kappa shape index (κ3) is 3.40. The van der Waals surface area contributed by atoms with Crippen molar-refractivity contribution in [3.05, 3.63) is 28.3 Å². The molecule has 0 saturated carbocycles. The van der Waals surface area contributed by atoms with Gasteiger partial charge in [-0.15, -0.1) is 0 Å². The maximum absolute atomic E-state index is 13.0. The van der Waals surface area contributed by atoms with Crippen LogP contribution in [0.5, 0.6) is 0 Å². The van der Waals surface area contributed by atoms with Crippen molar-refractivity contribution in [2.45, 2.75) is 51.6 Å². The molecule has 1 aliphatic rings. The van der Waals surface area contributed by atoms with E-state index in [4.69, 9.17) is 0 Å². The number of halogens is 3. The molecule has 0 amide bonds. The van der Waals surface area contributed by atoms with Crippen LogP contribution in [0.1, 0.15) is 35.1 Å². The maximum Gasteiger partial charge on any atom is 0.393 e. The van der Waals surface area contributed by atoms with Crippen molar-refractivity contribution in [1.82, 2.24) is 4.31 Å². The molecule has 2 rings (SSSR count). The highest BCUT2D eigenvalue weighted by molar-refractivity contribution is 7.89. The zero-order valence-corrected chi connectivity index (χ0v) is 14.6. The fourth-order valence-electron chi connectivity index (χ4n) is 3.12. The normalized spacial score (nSPS) is 20.7. The highest BCUT2D eigenvalue weighted by Crippen LogP contribution is 2.36. The Kier molecular flexibility index (Phi) is 4.84. The lowest BCUT2D eigenvalue weighted by Gasteiger charge is -2.33. The summed E-state index contributed by atoms with van der Waals surface area (Å²) >= 11 is 0. The summed E-state index contributed by atoms with van der Waals surface area (Å²) in [4.78, 5) is 0.165. The molecule has 0 aliphatic carbocycles. The van der Waals surface area contributed by atoms with Gasteiger partial charge in [0, 0.05) is 13.1 Å². The summed E-state index contributed by atoms with van der Waals surface area (Å²) < 4.78 is 65.8. The molecule has 1 aromatic carbocycles. The molecule has 1 unspecified atom stereocenters. The number of aryl methyl sites for hydroxylation is 2. The molecule has 0 aromatic heterocycles. The van der Waals surface area contributed by atoms with Crippen LogP contribution in [0.15, 0.2) is 11.0 Å². The van der Waals surface area contributed by atoms with Crippen molar-refractivity contribution >= 4 is 10.0 Å². The minimum Gasteiger partial charge on any atom is -0.207 e. The van der Waals surface area contributed by atoms with Crippen LogP contribution in [0.4, 0.5) is 13.2 Å². The Morgan fingerprint density at radius 1 is 1.09 bits per heavy atom. The second kappa shape index (κ2) is 6.09. The largest absolute Gasteiger partial charge is 0.393 e. The molecule has 1 saturated heterocycles. The number of hydrogen-bond donors (Lipinski definition) is 0. The van der Waals surface area contributed by atoms with Crippen molar-refractivity contribution in [3.63, 3.8) is 0 Å². The van der Waals surface area contributed by atoms with Crippen LogP contribution in [-0.4, -0.2) is 32.0 Å². The molecule has 0 radical (unpaired) electrons. The molecule has 23 heavy (non-hydrogen) atoms. The van der Waals surface area contributed by atoms with Crippen LogP contribution >= 0.6 is 0 Å². The lowest BCUT2D eigenvalue weighted by molar-refractivity contribution is -0.182. The van der Waals surface area contributed by atoms with Crippen molar-refractivity contribution < 1.29 is 21.6 Å². The van der Waals surface area contributed by atoms with E-state index in [1.54, 1.807) is 13.8 Å². The fourth-order valence-corrected chi connectivity index (χ4v) is 5.22. The summed E-state index contributed by atoms with van der Waals surface area (Å²) in [5, 5.41) is 0. The lowest BCUT2D eigenvalue weighted by Crippen LogP contribution is -2.44. The van der Waals surface area contributed by atoms with Crippen molar-refractivity contribution in [1.29, 1.82) is 0 Å². The summed E-state index contributed by atoms with van der Waals surface area (Å²) in [5.74, 6) is -1.59. The van der Waals surface area contributed by atoms with Gasteiger partial charge in [0.1, 0.15) is 0 Å². The van der Waals surface area contributed by atoms with E-state index in [0.29, 0.717) is 11.1 Å². The monoisotopic (exact) mass is 349 g/mol. The van der Waals surface area contributed by atoms with E-state index in [9.17, 15) is 21.6 Å². The Balaban J connectivity index is 2.47. The molecule has 7 heteroatoms. The van der Waals surface area contributed by atoms with Crippen LogP contribution < -0.4 is 0 Å². The number of alkyl halides is 3. The maximum atomic E-state index is 13.0. The van der Waals surface area contributed by atoms with Gasteiger partial charge in [0.05, 0.1) is 10.8 Å². The predicted octanol–water partition coefficient (Wildman–Crippen LogP) is 3.88. The van der Waals surface area contributed by atoms with E-state index in [2.05, 4.69) is 0 Å². The second-order valence-electron chi connectivity index (χ2n) is 6.33. The second-order valence-corrected chi connectivity index (χ2v) is 8.21. The van der Waals surface area contributed by atoms with E-state index < -0.39 is 28.7 Å². The van der Waals surface area contributed by atoms with Gasteiger partial charge in [-0.25, -0.2) is 8.42 Å². The molecule has 130 valence electrons. The zero-order valence-electron chi connectivity index (χ0n) is 13.8. The molecule has 1 aliphatic heterocycles. The molecule has 1 fully saturated rings. The minimum absolute atomic E-state index is 0.0136. The van der Waals surface area contributed by atoms with Gasteiger partial charge < -0.3 is 0 Å². The summed E-state index contributed by atoms with van der Waals surface area (Å²) in [6.45, 7) is 6.70. The Morgan fingerprint density at radius 3 is 2.09 bits per heavy atom. The predicted molar refractivity (Wildman–Crippen MR) is 82.9 cm³/mol. The number of rotatable bonds is 2. The first-order valence-corrected chi connectivity index (χ1v) is 9.04. The quantitative estimate of drug-likeness (QED) is 0.812. The molecule has 0 bridgehead atoms. The number of hydrogen-bond acceptors (Lipinski definition) is 2. The van der Waals surface area contributed by atoms with Crippen LogP contribution in [0.25, 0.3) is 0 Å². The standard InChI is InChI=1S/C16H22F3NO2S/c1-10-8-11(2)13(4)15(12(10)3)23(21,22)20-7-5-6-14(9-20)16(17,18)19/h8,14H,5-7,9H2,1-4H3. The van der Waals surface area contributed by atoms with E-state index in [-0.39, 0.29) is 24.3 Å². The highest BCUT2D eigenvalue weighted by atomic mass is 32.2. The molecular formula is C16H22F3NO2S. The average molecular weight is 349 g/mol. The van der Waals surface area contributed by atoms with Crippen molar-refractivity contribution in [2.75, 3.05) is 13.1 Å². The number of nitrogens with zero attached hydrogens (tertiary/aromatic N) is 1. The van der Waals surface area contributed by atoms with E-state index in [1.807, 2.05) is 19.9 Å². The summed E-state index contributed by atoms with van der Waals surface area (Å²) in [6, 6.07) is 1.90. The SMILES string of the molecule is Cc1cc(C)c(C)c(S(=O)(=O)N2CCCC(C(F)(F)F)C2)c1C. The molecule has 3 nitrogen and oxygen atoms in total. The molecular weight excluding hydrogens is 327 g/mol. The third-order valence-electron chi connectivity index (χ3n) is 4.74. The van der Waals surface area contributed by atoms with Gasteiger partial charge in [0.25, 0.3) is 0 Å². The average Bonchev–Trinajstić information content (AvgIpc) is 2.44. The number of piperidine rings is 1. The van der Waals surface area contributed by atoms with Gasteiger partial charge in [-0.2, -0.15) is 17.5 Å². The zero-order chi connectivity index (χ0) is 17.6. The first-order valence-electron chi connectivity index (χ1n) is 7.60. The smallest absolute Gasteiger partial charge is 0.207 e. The van der Waals surface area contributed by atoms with Crippen molar-refractivity contribution in [2.24, 2.45) is 5.92 Å². The molecule has 1 aromatic rings. The Bertz CT molecular complexity index is 685. The van der Waals surface area contributed by atoms with E-state index in [1.165, 1.54) is 0 Å². The third-order valence-corrected chi connectivity index (χ3v) is 6.88. The first kappa shape index (κ1) is 18.3. The Hall–Kier alpha value is -1.08. The van der Waals surface area contributed by atoms with Gasteiger partial charge in [-0.1, -0.05) is 6.07 Å². The van der Waals surface area contributed by atoms with Crippen LogP contribution in [-0.2, 0) is 10.0 Å². The molecule has 1 atom stereocenters. The fraction of sp³-hybridized carbons (Fsp3) is 0.625. The summed E-state index contributed by atoms with van der Waals surface area (Å²) in [7, 11) is -3.93. The Labute approximate surface area is 135 Å². The highest BCUT2D eigenvalue weighted by Gasteiger charge is 2.44. The number of benzene rings is 1. The van der Waals surface area contributed by atoms with Gasteiger partial charge >= 0.3 is 6.18 Å². The molecule has 1 heterocycles. The topological polar surface area (TPSA) is 37.4 Å². The van der Waals surface area contributed by atoms with Gasteiger partial charge in [-0.05, 0) is 62.8 Å². The van der Waals surface area contributed by atoms with E-state index in [0.717, 1.165) is 15.4 Å². The summed E-state index contributed by atoms with van der Waals surface area (Å²) in [5.41, 5.74) is 2.89. The minimum atomic E-state index is -4.36. The van der Waals surface area contributed by atoms with E-state index >= 15 is 0 Å². The molecule has 0 spiro atoms. The summed E-state index contributed by atoms with van der Waals surface area (Å²) in [6.07, 6.45) is -4.15. The van der Waals surface area contributed by atoms with Crippen LogP contribution in [0.2, 0.25) is 0 Å². The van der Waals surface area contributed by atoms with Crippen LogP contribution in [0.3, 0.4) is 0 Å². The Morgan fingerprint density at radius 2 is 1.61 bits per heavy atom. The molecule has 0 N–H and O–H groups in total. The van der Waals surface area contributed by atoms with Gasteiger partial charge in [0.2, 0.25) is 10.0 Å². The van der Waals surface area contributed by atoms with Gasteiger partial charge in [0.15, 0.2) is 0 Å². The number of sulfonamides is 1.